The lowest BCUT2D eigenvalue weighted by molar-refractivity contribution is -0.118. The number of benzene rings is 1. The number of allylic oxidation sites excluding steroid dienone is 1. The number of aromatic amines is 1. The number of rotatable bonds is 5. The molecule has 0 fully saturated rings. The van der Waals surface area contributed by atoms with E-state index in [9.17, 15) is 4.79 Å². The molecule has 5 nitrogen and oxygen atoms in total. The predicted molar refractivity (Wildman–Crippen MR) is 93.5 cm³/mol. The second-order valence-corrected chi connectivity index (χ2v) is 5.59. The number of aromatic nitrogens is 2. The Morgan fingerprint density at radius 2 is 2.22 bits per heavy atom. The normalized spacial score (nSPS) is 13.0. The van der Waals surface area contributed by atoms with Crippen LogP contribution < -0.4 is 10.2 Å². The van der Waals surface area contributed by atoms with Gasteiger partial charge in [-0.15, -0.1) is 0 Å². The Labute approximate surface area is 136 Å². The van der Waals surface area contributed by atoms with Gasteiger partial charge >= 0.3 is 0 Å². The minimum atomic E-state index is 0.148. The molecule has 1 aromatic carbocycles. The van der Waals surface area contributed by atoms with Crippen LogP contribution in [-0.4, -0.2) is 29.0 Å². The van der Waals surface area contributed by atoms with E-state index in [2.05, 4.69) is 33.5 Å². The molecule has 2 N–H and O–H groups in total. The summed E-state index contributed by atoms with van der Waals surface area (Å²) in [5.41, 5.74) is 5.57. The summed E-state index contributed by atoms with van der Waals surface area (Å²) in [6, 6.07) is 6.19. The van der Waals surface area contributed by atoms with Gasteiger partial charge in [-0.25, -0.2) is 4.98 Å². The number of hydrogen-bond acceptors (Lipinski definition) is 3. The fourth-order valence-corrected chi connectivity index (χ4v) is 2.96. The summed E-state index contributed by atoms with van der Waals surface area (Å²) in [6.45, 7) is 5.40. The summed E-state index contributed by atoms with van der Waals surface area (Å²) in [4.78, 5) is 21.2. The number of hydrogen-bond donors (Lipinski definition) is 2. The van der Waals surface area contributed by atoms with Crippen LogP contribution in [0.1, 0.15) is 31.5 Å². The van der Waals surface area contributed by atoms with Crippen molar-refractivity contribution < 1.29 is 4.79 Å². The molecule has 1 amide bonds. The SMILES string of the molecule is CCC(=O)N(CC)c1ccc2c(c1)C(Cc1cnc[nH]1)=CCN2. The first kappa shape index (κ1) is 15.3. The van der Waals surface area contributed by atoms with Crippen LogP contribution in [0.3, 0.4) is 0 Å². The van der Waals surface area contributed by atoms with E-state index in [-0.39, 0.29) is 5.91 Å². The molecule has 1 aliphatic heterocycles. The lowest BCUT2D eigenvalue weighted by Gasteiger charge is -2.25. The van der Waals surface area contributed by atoms with Crippen LogP contribution in [0, 0.1) is 0 Å². The van der Waals surface area contributed by atoms with Crippen molar-refractivity contribution in [3.8, 4) is 0 Å². The largest absolute Gasteiger partial charge is 0.381 e. The lowest BCUT2D eigenvalue weighted by atomic mass is 9.95. The van der Waals surface area contributed by atoms with E-state index < -0.39 is 0 Å². The summed E-state index contributed by atoms with van der Waals surface area (Å²) in [6.07, 6.45) is 7.08. The zero-order valence-electron chi connectivity index (χ0n) is 13.6. The van der Waals surface area contributed by atoms with Crippen molar-refractivity contribution in [3.05, 3.63) is 48.1 Å². The second-order valence-electron chi connectivity index (χ2n) is 5.59. The molecule has 0 unspecified atom stereocenters. The van der Waals surface area contributed by atoms with Crippen molar-refractivity contribution in [1.29, 1.82) is 0 Å². The molecular weight excluding hydrogens is 288 g/mol. The zero-order chi connectivity index (χ0) is 16.2. The average Bonchev–Trinajstić information content (AvgIpc) is 3.09. The van der Waals surface area contributed by atoms with E-state index >= 15 is 0 Å². The summed E-state index contributed by atoms with van der Waals surface area (Å²) in [7, 11) is 0. The first-order valence-corrected chi connectivity index (χ1v) is 8.07. The zero-order valence-corrected chi connectivity index (χ0v) is 13.6. The van der Waals surface area contributed by atoms with E-state index in [1.165, 1.54) is 5.57 Å². The topological polar surface area (TPSA) is 61.0 Å². The average molecular weight is 310 g/mol. The molecule has 3 rings (SSSR count). The van der Waals surface area contributed by atoms with Crippen LogP contribution in [0.4, 0.5) is 11.4 Å². The van der Waals surface area contributed by atoms with Crippen molar-refractivity contribution in [2.45, 2.75) is 26.7 Å². The molecule has 5 heteroatoms. The third-order valence-corrected chi connectivity index (χ3v) is 4.16. The Morgan fingerprint density at radius 3 is 2.91 bits per heavy atom. The van der Waals surface area contributed by atoms with Gasteiger partial charge in [-0.05, 0) is 30.7 Å². The van der Waals surface area contributed by atoms with Crippen molar-refractivity contribution in [2.24, 2.45) is 0 Å². The summed E-state index contributed by atoms with van der Waals surface area (Å²) < 4.78 is 0. The van der Waals surface area contributed by atoms with Gasteiger partial charge in [-0.3, -0.25) is 4.79 Å². The standard InChI is InChI=1S/C18H22N4O/c1-3-18(23)22(4-2)15-5-6-17-16(10-15)13(7-8-20-17)9-14-11-19-12-21-14/h5-7,10-12,20H,3-4,8-9H2,1-2H3,(H,19,21). The molecule has 0 saturated heterocycles. The Balaban J connectivity index is 1.94. The lowest BCUT2D eigenvalue weighted by Crippen LogP contribution is -2.30. The molecule has 120 valence electrons. The molecular formula is C18H22N4O. The molecule has 1 aromatic heterocycles. The van der Waals surface area contributed by atoms with E-state index in [1.54, 1.807) is 6.33 Å². The molecule has 2 aromatic rings. The third kappa shape index (κ3) is 3.13. The maximum Gasteiger partial charge on any atom is 0.226 e. The van der Waals surface area contributed by atoms with Crippen LogP contribution in [0.2, 0.25) is 0 Å². The molecule has 0 radical (unpaired) electrons. The van der Waals surface area contributed by atoms with E-state index in [0.717, 1.165) is 35.6 Å². The van der Waals surface area contributed by atoms with Crippen molar-refractivity contribution in [3.63, 3.8) is 0 Å². The smallest absolute Gasteiger partial charge is 0.226 e. The number of amides is 1. The van der Waals surface area contributed by atoms with Crippen molar-refractivity contribution in [2.75, 3.05) is 23.3 Å². The number of fused-ring (bicyclic) bond motifs is 1. The van der Waals surface area contributed by atoms with Gasteiger partial charge in [0.25, 0.3) is 0 Å². The Hall–Kier alpha value is -2.56. The molecule has 2 heterocycles. The van der Waals surface area contributed by atoms with Gasteiger partial charge in [0.15, 0.2) is 0 Å². The minimum Gasteiger partial charge on any atom is -0.381 e. The van der Waals surface area contributed by atoms with Crippen LogP contribution in [0.15, 0.2) is 36.8 Å². The molecule has 23 heavy (non-hydrogen) atoms. The Bertz CT molecular complexity index is 719. The predicted octanol–water partition coefficient (Wildman–Crippen LogP) is 3.22. The van der Waals surface area contributed by atoms with Gasteiger partial charge in [0.2, 0.25) is 5.91 Å². The fraction of sp³-hybridized carbons (Fsp3) is 0.333. The third-order valence-electron chi connectivity index (χ3n) is 4.16. The highest BCUT2D eigenvalue weighted by atomic mass is 16.2. The van der Waals surface area contributed by atoms with Gasteiger partial charge in [0, 0.05) is 54.8 Å². The van der Waals surface area contributed by atoms with Gasteiger partial charge in [0.1, 0.15) is 0 Å². The van der Waals surface area contributed by atoms with Crippen LogP contribution >= 0.6 is 0 Å². The number of carbonyl (C=O) groups is 1. The molecule has 1 aliphatic rings. The number of nitrogens with one attached hydrogen (secondary N) is 2. The molecule has 0 aliphatic carbocycles. The van der Waals surface area contributed by atoms with E-state index in [0.29, 0.717) is 13.0 Å². The highest BCUT2D eigenvalue weighted by Crippen LogP contribution is 2.33. The number of carbonyl (C=O) groups excluding carboxylic acids is 1. The Morgan fingerprint density at radius 1 is 1.35 bits per heavy atom. The van der Waals surface area contributed by atoms with Gasteiger partial charge in [-0.1, -0.05) is 13.0 Å². The van der Waals surface area contributed by atoms with E-state index in [4.69, 9.17) is 0 Å². The first-order valence-electron chi connectivity index (χ1n) is 8.07. The molecule has 0 spiro atoms. The van der Waals surface area contributed by atoms with Gasteiger partial charge in [0.05, 0.1) is 6.33 Å². The fourth-order valence-electron chi connectivity index (χ4n) is 2.96. The molecule has 0 saturated carbocycles. The number of anilines is 2. The second kappa shape index (κ2) is 6.69. The van der Waals surface area contributed by atoms with Crippen LogP contribution in [0.5, 0.6) is 0 Å². The van der Waals surface area contributed by atoms with Crippen molar-refractivity contribution in [1.82, 2.24) is 9.97 Å². The number of nitrogens with zero attached hydrogens (tertiary/aromatic N) is 2. The van der Waals surface area contributed by atoms with Crippen LogP contribution in [0.25, 0.3) is 5.57 Å². The highest BCUT2D eigenvalue weighted by molar-refractivity contribution is 5.94. The first-order chi connectivity index (χ1) is 11.2. The highest BCUT2D eigenvalue weighted by Gasteiger charge is 2.17. The Kier molecular flexibility index (Phi) is 4.46. The summed E-state index contributed by atoms with van der Waals surface area (Å²) in [5.74, 6) is 0.148. The molecule has 0 atom stereocenters. The van der Waals surface area contributed by atoms with E-state index in [1.807, 2.05) is 31.0 Å². The number of imidazole rings is 1. The van der Waals surface area contributed by atoms with Gasteiger partial charge in [-0.2, -0.15) is 0 Å². The molecule has 0 bridgehead atoms. The minimum absolute atomic E-state index is 0.148. The monoisotopic (exact) mass is 310 g/mol. The maximum absolute atomic E-state index is 12.1. The maximum atomic E-state index is 12.1. The summed E-state index contributed by atoms with van der Waals surface area (Å²) in [5, 5.41) is 3.39. The number of H-pyrrole nitrogens is 1. The summed E-state index contributed by atoms with van der Waals surface area (Å²) >= 11 is 0. The van der Waals surface area contributed by atoms with Crippen molar-refractivity contribution >= 4 is 22.9 Å². The quantitative estimate of drug-likeness (QED) is 0.891. The van der Waals surface area contributed by atoms with Crippen LogP contribution in [-0.2, 0) is 11.2 Å². The van der Waals surface area contributed by atoms with Gasteiger partial charge < -0.3 is 15.2 Å².